The van der Waals surface area contributed by atoms with Crippen molar-refractivity contribution in [3.05, 3.63) is 53.9 Å². The molecule has 166 valence electrons. The number of sulfonamides is 1. The van der Waals surface area contributed by atoms with Gasteiger partial charge in [-0.3, -0.25) is 4.79 Å². The Kier molecular flexibility index (Phi) is 7.12. The van der Waals surface area contributed by atoms with Crippen molar-refractivity contribution in [3.63, 3.8) is 0 Å². The molecule has 0 saturated carbocycles. The highest BCUT2D eigenvalue weighted by molar-refractivity contribution is 7.89. The second kappa shape index (κ2) is 9.62. The van der Waals surface area contributed by atoms with Crippen LogP contribution in [-0.2, 0) is 21.2 Å². The van der Waals surface area contributed by atoms with Crippen molar-refractivity contribution in [3.8, 4) is 0 Å². The Morgan fingerprint density at radius 1 is 1.10 bits per heavy atom. The SMILES string of the molecule is CCN(CC)S(=O)(=O)c1ccc(CCC(=O)Nc2ccc3oc(C(C)C)nc3c2)cc1. The minimum atomic E-state index is -3.47. The smallest absolute Gasteiger partial charge is 0.243 e. The Hall–Kier alpha value is -2.71. The number of carbonyl (C=O) groups excluding carboxylic acids is 1. The first-order valence-electron chi connectivity index (χ1n) is 10.5. The highest BCUT2D eigenvalue weighted by Crippen LogP contribution is 2.24. The number of hydrogen-bond donors (Lipinski definition) is 1. The largest absolute Gasteiger partial charge is 0.440 e. The van der Waals surface area contributed by atoms with Crippen LogP contribution in [0.3, 0.4) is 0 Å². The van der Waals surface area contributed by atoms with Gasteiger partial charge in [-0.05, 0) is 42.3 Å². The number of hydrogen-bond acceptors (Lipinski definition) is 5. The highest BCUT2D eigenvalue weighted by Gasteiger charge is 2.21. The number of nitrogens with one attached hydrogen (secondary N) is 1. The van der Waals surface area contributed by atoms with Crippen molar-refractivity contribution in [2.24, 2.45) is 0 Å². The summed E-state index contributed by atoms with van der Waals surface area (Å²) in [6.45, 7) is 8.52. The molecule has 0 spiro atoms. The van der Waals surface area contributed by atoms with Gasteiger partial charge in [-0.25, -0.2) is 13.4 Å². The molecule has 1 aromatic heterocycles. The lowest BCUT2D eigenvalue weighted by molar-refractivity contribution is -0.116. The molecule has 0 bridgehead atoms. The fourth-order valence-electron chi connectivity index (χ4n) is 3.29. The van der Waals surface area contributed by atoms with E-state index < -0.39 is 10.0 Å². The molecule has 8 heteroatoms. The molecule has 0 unspecified atom stereocenters. The maximum atomic E-state index is 12.6. The Morgan fingerprint density at radius 2 is 1.77 bits per heavy atom. The van der Waals surface area contributed by atoms with E-state index in [9.17, 15) is 13.2 Å². The number of aryl methyl sites for hydroxylation is 1. The van der Waals surface area contributed by atoms with Crippen molar-refractivity contribution in [1.82, 2.24) is 9.29 Å². The number of rotatable bonds is 9. The molecule has 3 aromatic rings. The third-order valence-corrected chi connectivity index (χ3v) is 7.15. The fraction of sp³-hybridized carbons (Fsp3) is 0.391. The molecular weight excluding hydrogens is 414 g/mol. The molecule has 1 heterocycles. The lowest BCUT2D eigenvalue weighted by Gasteiger charge is -2.18. The zero-order chi connectivity index (χ0) is 22.6. The summed E-state index contributed by atoms with van der Waals surface area (Å²) in [5.74, 6) is 0.746. The van der Waals surface area contributed by atoms with Gasteiger partial charge in [-0.15, -0.1) is 0 Å². The Morgan fingerprint density at radius 3 is 2.39 bits per heavy atom. The molecule has 0 atom stereocenters. The predicted octanol–water partition coefficient (Wildman–Crippen LogP) is 4.55. The minimum absolute atomic E-state index is 0.119. The predicted molar refractivity (Wildman–Crippen MR) is 122 cm³/mol. The second-order valence-electron chi connectivity index (χ2n) is 7.67. The van der Waals surface area contributed by atoms with Crippen LogP contribution in [0.4, 0.5) is 5.69 Å². The van der Waals surface area contributed by atoms with E-state index in [0.29, 0.717) is 42.2 Å². The molecule has 0 radical (unpaired) electrons. The van der Waals surface area contributed by atoms with E-state index in [1.807, 2.05) is 27.7 Å². The first-order chi connectivity index (χ1) is 14.7. The van der Waals surface area contributed by atoms with Crippen LogP contribution in [-0.4, -0.2) is 36.7 Å². The summed E-state index contributed by atoms with van der Waals surface area (Å²) in [5.41, 5.74) is 2.98. The first kappa shape index (κ1) is 23.0. The topological polar surface area (TPSA) is 92.5 Å². The molecular formula is C23H29N3O4S. The fourth-order valence-corrected chi connectivity index (χ4v) is 4.75. The molecule has 1 N–H and O–H groups in total. The van der Waals surface area contributed by atoms with Crippen molar-refractivity contribution in [2.75, 3.05) is 18.4 Å². The van der Waals surface area contributed by atoms with Gasteiger partial charge in [0.1, 0.15) is 5.52 Å². The van der Waals surface area contributed by atoms with Crippen LogP contribution in [0.15, 0.2) is 51.8 Å². The van der Waals surface area contributed by atoms with Gasteiger partial charge in [0.15, 0.2) is 11.5 Å². The van der Waals surface area contributed by atoms with E-state index in [2.05, 4.69) is 10.3 Å². The molecule has 3 rings (SSSR count). The lowest BCUT2D eigenvalue weighted by Crippen LogP contribution is -2.30. The maximum Gasteiger partial charge on any atom is 0.243 e. The van der Waals surface area contributed by atoms with Crippen LogP contribution < -0.4 is 5.32 Å². The van der Waals surface area contributed by atoms with E-state index in [-0.39, 0.29) is 23.1 Å². The Balaban J connectivity index is 1.60. The number of amides is 1. The first-order valence-corrected chi connectivity index (χ1v) is 12.0. The summed E-state index contributed by atoms with van der Waals surface area (Å²) in [4.78, 5) is 17.1. The maximum absolute atomic E-state index is 12.6. The van der Waals surface area contributed by atoms with Crippen LogP contribution in [0.2, 0.25) is 0 Å². The van der Waals surface area contributed by atoms with Crippen LogP contribution >= 0.6 is 0 Å². The molecule has 0 aliphatic carbocycles. The zero-order valence-electron chi connectivity index (χ0n) is 18.4. The second-order valence-corrected chi connectivity index (χ2v) is 9.61. The average molecular weight is 444 g/mol. The van der Waals surface area contributed by atoms with E-state index >= 15 is 0 Å². The number of nitrogens with zero attached hydrogens (tertiary/aromatic N) is 2. The zero-order valence-corrected chi connectivity index (χ0v) is 19.2. The van der Waals surface area contributed by atoms with E-state index in [4.69, 9.17) is 4.42 Å². The number of fused-ring (bicyclic) bond motifs is 1. The summed E-state index contributed by atoms with van der Waals surface area (Å²) in [7, 11) is -3.47. The molecule has 2 aromatic carbocycles. The van der Waals surface area contributed by atoms with E-state index in [1.165, 1.54) is 4.31 Å². The average Bonchev–Trinajstić information content (AvgIpc) is 3.17. The van der Waals surface area contributed by atoms with Crippen molar-refractivity contribution >= 4 is 32.7 Å². The van der Waals surface area contributed by atoms with Crippen molar-refractivity contribution in [2.45, 2.75) is 51.3 Å². The Labute approximate surface area is 183 Å². The molecule has 1 amide bonds. The normalized spacial score (nSPS) is 12.1. The summed E-state index contributed by atoms with van der Waals surface area (Å²) >= 11 is 0. The van der Waals surface area contributed by atoms with Gasteiger partial charge < -0.3 is 9.73 Å². The monoisotopic (exact) mass is 443 g/mol. The van der Waals surface area contributed by atoms with Crippen LogP contribution in [0.5, 0.6) is 0 Å². The number of aromatic nitrogens is 1. The molecule has 0 aliphatic heterocycles. The van der Waals surface area contributed by atoms with Gasteiger partial charge in [0.2, 0.25) is 15.9 Å². The standard InChI is InChI=1S/C23H29N3O4S/c1-5-26(6-2)31(28,29)19-11-7-17(8-12-19)9-14-22(27)24-18-10-13-21-20(15-18)25-23(30-21)16(3)4/h7-8,10-13,15-16H,5-6,9,14H2,1-4H3,(H,24,27). The van der Waals surface area contributed by atoms with Crippen molar-refractivity contribution in [1.29, 1.82) is 0 Å². The summed E-state index contributed by atoms with van der Waals surface area (Å²) < 4.78 is 32.2. The van der Waals surface area contributed by atoms with E-state index in [1.54, 1.807) is 42.5 Å². The van der Waals surface area contributed by atoms with Gasteiger partial charge in [0.25, 0.3) is 0 Å². The number of carbonyl (C=O) groups is 1. The van der Waals surface area contributed by atoms with Crippen molar-refractivity contribution < 1.29 is 17.6 Å². The summed E-state index contributed by atoms with van der Waals surface area (Å²) in [6, 6.07) is 12.1. The minimum Gasteiger partial charge on any atom is -0.440 e. The van der Waals surface area contributed by atoms with Gasteiger partial charge in [0.05, 0.1) is 4.90 Å². The van der Waals surface area contributed by atoms with Crippen LogP contribution in [0, 0.1) is 0 Å². The van der Waals surface area contributed by atoms with Gasteiger partial charge >= 0.3 is 0 Å². The van der Waals surface area contributed by atoms with Gasteiger partial charge in [0, 0.05) is 31.1 Å². The van der Waals surface area contributed by atoms with Crippen LogP contribution in [0.1, 0.15) is 51.5 Å². The molecule has 0 fully saturated rings. The third kappa shape index (κ3) is 5.32. The van der Waals surface area contributed by atoms with Gasteiger partial charge in [-0.2, -0.15) is 4.31 Å². The van der Waals surface area contributed by atoms with Gasteiger partial charge in [-0.1, -0.05) is 39.8 Å². The quantitative estimate of drug-likeness (QED) is 0.524. The van der Waals surface area contributed by atoms with Crippen LogP contribution in [0.25, 0.3) is 11.1 Å². The highest BCUT2D eigenvalue weighted by atomic mass is 32.2. The number of anilines is 1. The molecule has 0 saturated heterocycles. The molecule has 7 nitrogen and oxygen atoms in total. The number of benzene rings is 2. The molecule has 31 heavy (non-hydrogen) atoms. The molecule has 0 aliphatic rings. The van der Waals surface area contributed by atoms with E-state index in [0.717, 1.165) is 5.56 Å². The Bertz CT molecular complexity index is 1150. The number of oxazole rings is 1. The summed E-state index contributed by atoms with van der Waals surface area (Å²) in [6.07, 6.45) is 0.803. The third-order valence-electron chi connectivity index (χ3n) is 5.09. The summed E-state index contributed by atoms with van der Waals surface area (Å²) in [5, 5.41) is 2.89. The lowest BCUT2D eigenvalue weighted by atomic mass is 10.1.